The third kappa shape index (κ3) is 1.94. The summed E-state index contributed by atoms with van der Waals surface area (Å²) in [6.45, 7) is 1.93. The minimum Gasteiger partial charge on any atom is -0.267 e. The molecule has 1 heterocycles. The molecule has 1 fully saturated rings. The van der Waals surface area contributed by atoms with Gasteiger partial charge in [0.05, 0.1) is 11.1 Å². The Bertz CT molecular complexity index is 624. The number of benzene rings is 1. The second kappa shape index (κ2) is 4.56. The van der Waals surface area contributed by atoms with Crippen molar-refractivity contribution in [1.82, 2.24) is 10.2 Å². The minimum atomic E-state index is -0.0757. The van der Waals surface area contributed by atoms with Crippen molar-refractivity contribution in [2.45, 2.75) is 44.9 Å². The summed E-state index contributed by atoms with van der Waals surface area (Å²) in [6.07, 6.45) is 6.50. The Morgan fingerprint density at radius 2 is 1.94 bits per heavy atom. The van der Waals surface area contributed by atoms with Crippen LogP contribution in [0.2, 0.25) is 0 Å². The number of aromatic nitrogens is 2. The number of nitrogens with one attached hydrogen (secondary N) is 1. The van der Waals surface area contributed by atoms with Crippen LogP contribution >= 0.6 is 0 Å². The highest BCUT2D eigenvalue weighted by atomic mass is 16.1. The second-order valence-electron chi connectivity index (χ2n) is 5.28. The molecule has 0 bridgehead atoms. The molecule has 2 aromatic rings. The van der Waals surface area contributed by atoms with E-state index in [-0.39, 0.29) is 5.56 Å². The number of hydrogen-bond acceptors (Lipinski definition) is 2. The van der Waals surface area contributed by atoms with Gasteiger partial charge in [0.25, 0.3) is 5.56 Å². The first-order valence-electron chi connectivity index (χ1n) is 6.74. The van der Waals surface area contributed by atoms with Gasteiger partial charge < -0.3 is 0 Å². The molecule has 3 heteroatoms. The SMILES string of the molecule is Cc1n[nH]c(=O)c2cc(C3CCCCC3)ccc12. The monoisotopic (exact) mass is 242 g/mol. The molecule has 0 saturated heterocycles. The maximum atomic E-state index is 11.8. The highest BCUT2D eigenvalue weighted by Crippen LogP contribution is 2.33. The molecule has 1 saturated carbocycles. The van der Waals surface area contributed by atoms with Crippen LogP contribution in [0.1, 0.15) is 49.3 Å². The summed E-state index contributed by atoms with van der Waals surface area (Å²) in [4.78, 5) is 11.8. The summed E-state index contributed by atoms with van der Waals surface area (Å²) in [7, 11) is 0. The van der Waals surface area contributed by atoms with Gasteiger partial charge in [-0.1, -0.05) is 31.4 Å². The fourth-order valence-corrected chi connectivity index (χ4v) is 3.01. The molecule has 0 unspecified atom stereocenters. The molecular formula is C15H18N2O. The topological polar surface area (TPSA) is 45.8 Å². The first-order valence-corrected chi connectivity index (χ1v) is 6.74. The highest BCUT2D eigenvalue weighted by Gasteiger charge is 2.16. The van der Waals surface area contributed by atoms with Crippen LogP contribution in [0.25, 0.3) is 10.8 Å². The van der Waals surface area contributed by atoms with Crippen molar-refractivity contribution in [1.29, 1.82) is 0 Å². The van der Waals surface area contributed by atoms with Crippen LogP contribution in [0, 0.1) is 6.92 Å². The quantitative estimate of drug-likeness (QED) is 0.834. The van der Waals surface area contributed by atoms with Crippen LogP contribution in [-0.2, 0) is 0 Å². The molecule has 0 radical (unpaired) electrons. The van der Waals surface area contributed by atoms with Crippen LogP contribution < -0.4 is 5.56 Å². The smallest absolute Gasteiger partial charge is 0.267 e. The Kier molecular flexibility index (Phi) is 2.90. The summed E-state index contributed by atoms with van der Waals surface area (Å²) in [5.74, 6) is 0.635. The van der Waals surface area contributed by atoms with E-state index in [1.807, 2.05) is 6.92 Å². The minimum absolute atomic E-state index is 0.0757. The van der Waals surface area contributed by atoms with Crippen LogP contribution in [0.5, 0.6) is 0 Å². The number of aromatic amines is 1. The summed E-state index contributed by atoms with van der Waals surface area (Å²) in [5.41, 5.74) is 2.13. The van der Waals surface area contributed by atoms with Gasteiger partial charge in [0.15, 0.2) is 0 Å². The number of H-pyrrole nitrogens is 1. The third-order valence-corrected chi connectivity index (χ3v) is 4.08. The van der Waals surface area contributed by atoms with Crippen molar-refractivity contribution in [3.63, 3.8) is 0 Å². The van der Waals surface area contributed by atoms with Crippen molar-refractivity contribution < 1.29 is 0 Å². The normalized spacial score (nSPS) is 17.2. The zero-order valence-corrected chi connectivity index (χ0v) is 10.7. The van der Waals surface area contributed by atoms with Crippen molar-refractivity contribution in [2.75, 3.05) is 0 Å². The number of fused-ring (bicyclic) bond motifs is 1. The molecule has 0 amide bonds. The molecule has 0 aliphatic heterocycles. The fraction of sp³-hybridized carbons (Fsp3) is 0.467. The molecule has 1 aliphatic carbocycles. The molecule has 3 nitrogen and oxygen atoms in total. The van der Waals surface area contributed by atoms with Crippen LogP contribution in [0.3, 0.4) is 0 Å². The predicted octanol–water partition coefficient (Wildman–Crippen LogP) is 3.28. The Morgan fingerprint density at radius 1 is 1.17 bits per heavy atom. The molecule has 0 spiro atoms. The molecule has 0 atom stereocenters. The van der Waals surface area contributed by atoms with E-state index in [4.69, 9.17) is 0 Å². The fourth-order valence-electron chi connectivity index (χ4n) is 3.01. The lowest BCUT2D eigenvalue weighted by atomic mass is 9.83. The van der Waals surface area contributed by atoms with Crippen LogP contribution in [0.4, 0.5) is 0 Å². The van der Waals surface area contributed by atoms with E-state index in [0.717, 1.165) is 16.5 Å². The summed E-state index contributed by atoms with van der Waals surface area (Å²) in [5, 5.41) is 8.33. The average Bonchev–Trinajstić information content (AvgIpc) is 2.44. The van der Waals surface area contributed by atoms with Gasteiger partial charge >= 0.3 is 0 Å². The maximum Gasteiger partial charge on any atom is 0.272 e. The summed E-state index contributed by atoms with van der Waals surface area (Å²) < 4.78 is 0. The van der Waals surface area contributed by atoms with Gasteiger partial charge in [0.2, 0.25) is 0 Å². The Balaban J connectivity index is 2.10. The van der Waals surface area contributed by atoms with Gasteiger partial charge in [0, 0.05) is 5.39 Å². The maximum absolute atomic E-state index is 11.8. The van der Waals surface area contributed by atoms with Gasteiger partial charge in [-0.3, -0.25) is 4.79 Å². The van der Waals surface area contributed by atoms with Gasteiger partial charge in [-0.15, -0.1) is 0 Å². The van der Waals surface area contributed by atoms with E-state index >= 15 is 0 Å². The average molecular weight is 242 g/mol. The van der Waals surface area contributed by atoms with Gasteiger partial charge in [-0.05, 0) is 37.3 Å². The first-order chi connectivity index (χ1) is 8.75. The largest absolute Gasteiger partial charge is 0.272 e. The molecule has 94 valence electrons. The van der Waals surface area contributed by atoms with E-state index < -0.39 is 0 Å². The molecule has 1 aromatic heterocycles. The molecule has 18 heavy (non-hydrogen) atoms. The lowest BCUT2D eigenvalue weighted by molar-refractivity contribution is 0.444. The molecule has 1 aromatic carbocycles. The zero-order chi connectivity index (χ0) is 12.5. The van der Waals surface area contributed by atoms with Crippen LogP contribution in [0.15, 0.2) is 23.0 Å². The Morgan fingerprint density at radius 3 is 2.72 bits per heavy atom. The van der Waals surface area contributed by atoms with E-state index in [0.29, 0.717) is 5.92 Å². The first kappa shape index (κ1) is 11.5. The van der Waals surface area contributed by atoms with E-state index in [1.165, 1.54) is 37.7 Å². The number of hydrogen-bond donors (Lipinski definition) is 1. The predicted molar refractivity (Wildman–Crippen MR) is 72.9 cm³/mol. The van der Waals surface area contributed by atoms with E-state index in [2.05, 4.69) is 28.4 Å². The second-order valence-corrected chi connectivity index (χ2v) is 5.28. The van der Waals surface area contributed by atoms with Crippen molar-refractivity contribution in [2.24, 2.45) is 0 Å². The number of nitrogens with zero attached hydrogens (tertiary/aromatic N) is 1. The molecule has 1 N–H and O–H groups in total. The van der Waals surface area contributed by atoms with E-state index in [1.54, 1.807) is 0 Å². The van der Waals surface area contributed by atoms with Crippen molar-refractivity contribution in [3.8, 4) is 0 Å². The lowest BCUT2D eigenvalue weighted by Gasteiger charge is -2.22. The molecule has 1 aliphatic rings. The summed E-state index contributed by atoms with van der Waals surface area (Å²) >= 11 is 0. The van der Waals surface area contributed by atoms with Gasteiger partial charge in [-0.25, -0.2) is 5.10 Å². The van der Waals surface area contributed by atoms with E-state index in [9.17, 15) is 4.79 Å². The summed E-state index contributed by atoms with van der Waals surface area (Å²) in [6, 6.07) is 6.29. The Hall–Kier alpha value is -1.64. The van der Waals surface area contributed by atoms with Gasteiger partial charge in [-0.2, -0.15) is 5.10 Å². The number of aryl methyl sites for hydroxylation is 1. The third-order valence-electron chi connectivity index (χ3n) is 4.08. The standard InChI is InChI=1S/C15H18N2O/c1-10-13-8-7-12(11-5-3-2-4-6-11)9-14(13)15(18)17-16-10/h7-9,11H,2-6H2,1H3,(H,17,18). The Labute approximate surface area is 106 Å². The number of rotatable bonds is 1. The molecule has 3 rings (SSSR count). The van der Waals surface area contributed by atoms with Gasteiger partial charge in [0.1, 0.15) is 0 Å². The highest BCUT2D eigenvalue weighted by molar-refractivity contribution is 5.84. The van der Waals surface area contributed by atoms with Crippen molar-refractivity contribution in [3.05, 3.63) is 39.8 Å². The zero-order valence-electron chi connectivity index (χ0n) is 10.7. The molecular weight excluding hydrogens is 224 g/mol. The van der Waals surface area contributed by atoms with Crippen molar-refractivity contribution >= 4 is 10.8 Å². The van der Waals surface area contributed by atoms with Crippen LogP contribution in [-0.4, -0.2) is 10.2 Å². The lowest BCUT2D eigenvalue weighted by Crippen LogP contribution is -2.11.